The van der Waals surface area contributed by atoms with Crippen LogP contribution in [0, 0.1) is 5.92 Å². The number of hydrogen-bond donors (Lipinski definition) is 2. The highest BCUT2D eigenvalue weighted by molar-refractivity contribution is 5.80. The molecule has 0 spiro atoms. The van der Waals surface area contributed by atoms with E-state index in [1.54, 1.807) is 0 Å². The van der Waals surface area contributed by atoms with Crippen LogP contribution >= 0.6 is 0 Å². The minimum atomic E-state index is 0.291. The molecular weight excluding hydrogens is 306 g/mol. The van der Waals surface area contributed by atoms with Gasteiger partial charge in [-0.15, -0.1) is 0 Å². The van der Waals surface area contributed by atoms with Gasteiger partial charge in [-0.1, -0.05) is 19.0 Å². The largest absolute Gasteiger partial charge is 0.378 e. The lowest BCUT2D eigenvalue weighted by molar-refractivity contribution is 0.0165. The van der Waals surface area contributed by atoms with Crippen molar-refractivity contribution in [1.82, 2.24) is 20.8 Å². The highest BCUT2D eigenvalue weighted by Crippen LogP contribution is 2.38. The van der Waals surface area contributed by atoms with Crippen LogP contribution in [-0.2, 0) is 11.3 Å². The van der Waals surface area contributed by atoms with Crippen molar-refractivity contribution in [2.45, 2.75) is 71.1 Å². The molecule has 0 radical (unpaired) electrons. The van der Waals surface area contributed by atoms with Crippen molar-refractivity contribution < 1.29 is 9.26 Å². The fourth-order valence-electron chi connectivity index (χ4n) is 2.76. The van der Waals surface area contributed by atoms with Crippen LogP contribution in [0.15, 0.2) is 9.52 Å². The summed E-state index contributed by atoms with van der Waals surface area (Å²) in [5, 5.41) is 11.0. The molecule has 1 aromatic rings. The van der Waals surface area contributed by atoms with Gasteiger partial charge in [-0.25, -0.2) is 4.99 Å². The Morgan fingerprint density at radius 1 is 1.33 bits per heavy atom. The van der Waals surface area contributed by atoms with Crippen LogP contribution in [-0.4, -0.2) is 41.4 Å². The monoisotopic (exact) mass is 335 g/mol. The van der Waals surface area contributed by atoms with Crippen molar-refractivity contribution in [1.29, 1.82) is 0 Å². The van der Waals surface area contributed by atoms with E-state index in [2.05, 4.69) is 46.5 Å². The van der Waals surface area contributed by atoms with Gasteiger partial charge in [0.15, 0.2) is 11.8 Å². The number of nitrogens with one attached hydrogen (secondary N) is 2. The van der Waals surface area contributed by atoms with Gasteiger partial charge in [-0.2, -0.15) is 4.98 Å². The summed E-state index contributed by atoms with van der Waals surface area (Å²) in [6.07, 6.45) is 4.63. The van der Waals surface area contributed by atoms with Crippen molar-refractivity contribution in [2.75, 3.05) is 13.2 Å². The lowest BCUT2D eigenvalue weighted by atomic mass is 10.0. The lowest BCUT2D eigenvalue weighted by Gasteiger charge is -2.29. The van der Waals surface area contributed by atoms with Crippen LogP contribution in [0.1, 0.15) is 64.1 Å². The highest BCUT2D eigenvalue weighted by atomic mass is 16.5. The summed E-state index contributed by atoms with van der Waals surface area (Å²) in [4.78, 5) is 9.07. The van der Waals surface area contributed by atoms with E-state index in [9.17, 15) is 0 Å². The average molecular weight is 335 g/mol. The lowest BCUT2D eigenvalue weighted by Crippen LogP contribution is -2.47. The number of guanidine groups is 1. The van der Waals surface area contributed by atoms with Gasteiger partial charge in [-0.3, -0.25) is 0 Å². The van der Waals surface area contributed by atoms with E-state index in [-0.39, 0.29) is 0 Å². The maximum Gasteiger partial charge on any atom is 0.248 e. The smallest absolute Gasteiger partial charge is 0.248 e. The second kappa shape index (κ2) is 7.96. The first-order chi connectivity index (χ1) is 11.6. The third-order valence-corrected chi connectivity index (χ3v) is 4.30. The van der Waals surface area contributed by atoms with E-state index < -0.39 is 0 Å². The SMILES string of the molecule is CC(C)CNC(=NCc1nc(C2CC2)no1)NC1CCOC(C)C1. The van der Waals surface area contributed by atoms with Crippen LogP contribution in [0.2, 0.25) is 0 Å². The average Bonchev–Trinajstić information content (AvgIpc) is 3.29. The third-order valence-electron chi connectivity index (χ3n) is 4.30. The zero-order valence-electron chi connectivity index (χ0n) is 14.9. The van der Waals surface area contributed by atoms with E-state index in [1.165, 1.54) is 12.8 Å². The minimum Gasteiger partial charge on any atom is -0.378 e. The molecule has 0 amide bonds. The van der Waals surface area contributed by atoms with Crippen LogP contribution in [0.5, 0.6) is 0 Å². The Kier molecular flexibility index (Phi) is 5.71. The Morgan fingerprint density at radius 3 is 2.88 bits per heavy atom. The summed E-state index contributed by atoms with van der Waals surface area (Å²) in [5.41, 5.74) is 0. The van der Waals surface area contributed by atoms with Crippen LogP contribution in [0.3, 0.4) is 0 Å². The summed E-state index contributed by atoms with van der Waals surface area (Å²) < 4.78 is 10.9. The van der Waals surface area contributed by atoms with E-state index in [0.29, 0.717) is 36.4 Å². The van der Waals surface area contributed by atoms with Gasteiger partial charge in [0.1, 0.15) is 6.54 Å². The Bertz CT molecular complexity index is 553. The molecule has 2 heterocycles. The van der Waals surface area contributed by atoms with Gasteiger partial charge in [0.05, 0.1) is 6.10 Å². The Labute approximate surface area is 143 Å². The number of ether oxygens (including phenoxy) is 1. The number of rotatable bonds is 6. The first kappa shape index (κ1) is 17.2. The molecule has 1 saturated heterocycles. The molecule has 2 aliphatic rings. The molecular formula is C17H29N5O2. The normalized spacial score (nSPS) is 25.1. The summed E-state index contributed by atoms with van der Waals surface area (Å²) in [6, 6.07) is 0.386. The molecule has 2 N–H and O–H groups in total. The maximum atomic E-state index is 5.61. The summed E-state index contributed by atoms with van der Waals surface area (Å²) >= 11 is 0. The minimum absolute atomic E-state index is 0.291. The van der Waals surface area contributed by atoms with Gasteiger partial charge in [-0.05, 0) is 38.5 Å². The van der Waals surface area contributed by atoms with E-state index in [4.69, 9.17) is 9.26 Å². The molecule has 2 fully saturated rings. The van der Waals surface area contributed by atoms with Crippen molar-refractivity contribution in [2.24, 2.45) is 10.9 Å². The molecule has 134 valence electrons. The molecule has 24 heavy (non-hydrogen) atoms. The second-order valence-electron chi connectivity index (χ2n) is 7.31. The molecule has 1 saturated carbocycles. The van der Waals surface area contributed by atoms with Gasteiger partial charge < -0.3 is 19.9 Å². The van der Waals surface area contributed by atoms with Crippen LogP contribution < -0.4 is 10.6 Å². The zero-order valence-corrected chi connectivity index (χ0v) is 14.9. The second-order valence-corrected chi connectivity index (χ2v) is 7.31. The van der Waals surface area contributed by atoms with Gasteiger partial charge in [0.2, 0.25) is 5.89 Å². The first-order valence-electron chi connectivity index (χ1n) is 9.09. The van der Waals surface area contributed by atoms with E-state index in [1.807, 2.05) is 0 Å². The molecule has 1 aliphatic heterocycles. The molecule has 0 aromatic carbocycles. The van der Waals surface area contributed by atoms with Gasteiger partial charge in [0.25, 0.3) is 0 Å². The summed E-state index contributed by atoms with van der Waals surface area (Å²) in [6.45, 7) is 8.56. The van der Waals surface area contributed by atoms with Crippen molar-refractivity contribution >= 4 is 5.96 Å². The number of aliphatic imine (C=N–C) groups is 1. The molecule has 7 heteroatoms. The Morgan fingerprint density at radius 2 is 2.17 bits per heavy atom. The maximum absolute atomic E-state index is 5.61. The first-order valence-corrected chi connectivity index (χ1v) is 9.09. The van der Waals surface area contributed by atoms with E-state index >= 15 is 0 Å². The molecule has 1 aliphatic carbocycles. The Hall–Kier alpha value is -1.63. The number of aromatic nitrogens is 2. The standard InChI is InChI=1S/C17H29N5O2/c1-11(2)9-18-17(20-14-6-7-23-12(3)8-14)19-10-15-21-16(22-24-15)13-4-5-13/h11-14H,4-10H2,1-3H3,(H2,18,19,20). The number of nitrogens with zero attached hydrogens (tertiary/aromatic N) is 3. The summed E-state index contributed by atoms with van der Waals surface area (Å²) in [7, 11) is 0. The fraction of sp³-hybridized carbons (Fsp3) is 0.824. The topological polar surface area (TPSA) is 84.6 Å². The molecule has 1 aromatic heterocycles. The van der Waals surface area contributed by atoms with Gasteiger partial charge in [0, 0.05) is 25.1 Å². The van der Waals surface area contributed by atoms with Crippen LogP contribution in [0.25, 0.3) is 0 Å². The van der Waals surface area contributed by atoms with Crippen LogP contribution in [0.4, 0.5) is 0 Å². The van der Waals surface area contributed by atoms with Crippen molar-refractivity contribution in [3.8, 4) is 0 Å². The third kappa shape index (κ3) is 5.19. The van der Waals surface area contributed by atoms with E-state index in [0.717, 1.165) is 37.8 Å². The highest BCUT2D eigenvalue weighted by Gasteiger charge is 2.28. The predicted molar refractivity (Wildman–Crippen MR) is 91.8 cm³/mol. The quantitative estimate of drug-likeness (QED) is 0.612. The fourth-order valence-corrected chi connectivity index (χ4v) is 2.76. The Balaban J connectivity index is 1.58. The van der Waals surface area contributed by atoms with Gasteiger partial charge >= 0.3 is 0 Å². The summed E-state index contributed by atoms with van der Waals surface area (Å²) in [5.74, 6) is 3.29. The predicted octanol–water partition coefficient (Wildman–Crippen LogP) is 2.21. The molecule has 3 rings (SSSR count). The zero-order chi connectivity index (χ0) is 16.9. The van der Waals surface area contributed by atoms with Crippen molar-refractivity contribution in [3.05, 3.63) is 11.7 Å². The molecule has 0 bridgehead atoms. The molecule has 7 nitrogen and oxygen atoms in total. The molecule has 2 atom stereocenters. The number of hydrogen-bond acceptors (Lipinski definition) is 5. The van der Waals surface area contributed by atoms with Crippen molar-refractivity contribution in [3.63, 3.8) is 0 Å². The molecule has 2 unspecified atom stereocenters.